The van der Waals surface area contributed by atoms with Gasteiger partial charge in [-0.2, -0.15) is 0 Å². The first-order chi connectivity index (χ1) is 9.99. The minimum atomic E-state index is -1.04. The van der Waals surface area contributed by atoms with Crippen LogP contribution in [0.4, 0.5) is 5.69 Å². The number of thiocarbonyl (C=S) groups is 1. The topological polar surface area (TPSA) is 78.9 Å². The van der Waals surface area contributed by atoms with Crippen LogP contribution in [0, 0.1) is 6.92 Å². The van der Waals surface area contributed by atoms with E-state index in [-0.39, 0.29) is 10.6 Å². The molecule has 21 heavy (non-hydrogen) atoms. The largest absolute Gasteiger partial charge is 0.478 e. The van der Waals surface area contributed by atoms with Gasteiger partial charge in [0.05, 0.1) is 18.8 Å². The second-order valence-electron chi connectivity index (χ2n) is 4.69. The molecule has 0 bridgehead atoms. The number of ether oxygens (including phenoxy) is 1. The molecule has 1 aromatic carbocycles. The summed E-state index contributed by atoms with van der Waals surface area (Å²) in [7, 11) is 0. The molecule has 1 aromatic rings. The standard InChI is InChI=1S/C14H16N2O4S/c1-9-2-3-10(14(18)19)8-11(9)15-12(17)13(21)16-4-6-20-7-5-16/h2-3,8H,4-7H2,1H3,(H,15,17)(H,18,19). The van der Waals surface area contributed by atoms with Crippen LogP contribution in [-0.2, 0) is 9.53 Å². The molecule has 1 aliphatic heterocycles. The number of carboxylic acid groups (broad SMARTS) is 1. The van der Waals surface area contributed by atoms with Gasteiger partial charge in [0.2, 0.25) is 0 Å². The van der Waals surface area contributed by atoms with Crippen LogP contribution >= 0.6 is 12.2 Å². The summed E-state index contributed by atoms with van der Waals surface area (Å²) in [5, 5.41) is 11.7. The van der Waals surface area contributed by atoms with Crippen molar-refractivity contribution in [3.8, 4) is 0 Å². The van der Waals surface area contributed by atoms with Crippen molar-refractivity contribution in [2.24, 2.45) is 0 Å². The zero-order valence-corrected chi connectivity index (χ0v) is 12.4. The highest BCUT2D eigenvalue weighted by Crippen LogP contribution is 2.17. The third kappa shape index (κ3) is 3.77. The lowest BCUT2D eigenvalue weighted by Crippen LogP contribution is -2.44. The van der Waals surface area contributed by atoms with Crippen LogP contribution in [0.2, 0.25) is 0 Å². The van der Waals surface area contributed by atoms with Crippen LogP contribution in [0.1, 0.15) is 15.9 Å². The number of carbonyl (C=O) groups is 2. The molecular weight excluding hydrogens is 292 g/mol. The van der Waals surface area contributed by atoms with Gasteiger partial charge in [-0.25, -0.2) is 4.79 Å². The van der Waals surface area contributed by atoms with Gasteiger partial charge in [0, 0.05) is 18.8 Å². The lowest BCUT2D eigenvalue weighted by Gasteiger charge is -2.28. The number of rotatable bonds is 2. The van der Waals surface area contributed by atoms with Gasteiger partial charge < -0.3 is 20.1 Å². The number of anilines is 1. The van der Waals surface area contributed by atoms with E-state index in [2.05, 4.69) is 5.32 Å². The fourth-order valence-electron chi connectivity index (χ4n) is 1.98. The van der Waals surface area contributed by atoms with E-state index < -0.39 is 11.9 Å². The minimum absolute atomic E-state index is 0.119. The molecule has 0 aliphatic carbocycles. The van der Waals surface area contributed by atoms with Gasteiger partial charge in [-0.1, -0.05) is 18.3 Å². The van der Waals surface area contributed by atoms with E-state index >= 15 is 0 Å². The predicted molar refractivity (Wildman–Crippen MR) is 81.8 cm³/mol. The Morgan fingerprint density at radius 3 is 2.62 bits per heavy atom. The molecule has 2 N–H and O–H groups in total. The molecule has 1 heterocycles. The fraction of sp³-hybridized carbons (Fsp3) is 0.357. The van der Waals surface area contributed by atoms with Crippen LogP contribution < -0.4 is 5.32 Å². The maximum absolute atomic E-state index is 12.2. The summed E-state index contributed by atoms with van der Waals surface area (Å²) in [6, 6.07) is 4.57. The number of carbonyl (C=O) groups excluding carboxylic acids is 1. The summed E-state index contributed by atoms with van der Waals surface area (Å²) < 4.78 is 5.21. The molecule has 112 valence electrons. The Labute approximate surface area is 127 Å². The number of morpholine rings is 1. The van der Waals surface area contributed by atoms with Crippen molar-refractivity contribution >= 4 is 34.8 Å². The molecular formula is C14H16N2O4S. The van der Waals surface area contributed by atoms with Gasteiger partial charge in [-0.15, -0.1) is 0 Å². The molecule has 1 fully saturated rings. The van der Waals surface area contributed by atoms with Crippen LogP contribution in [0.5, 0.6) is 0 Å². The zero-order valence-electron chi connectivity index (χ0n) is 11.6. The van der Waals surface area contributed by atoms with E-state index in [4.69, 9.17) is 22.1 Å². The first kappa shape index (κ1) is 15.4. The highest BCUT2D eigenvalue weighted by molar-refractivity contribution is 7.82. The highest BCUT2D eigenvalue weighted by Gasteiger charge is 2.20. The predicted octanol–water partition coefficient (Wildman–Crippen LogP) is 1.29. The van der Waals surface area contributed by atoms with E-state index in [1.165, 1.54) is 12.1 Å². The van der Waals surface area contributed by atoms with Crippen molar-refractivity contribution in [1.82, 2.24) is 4.90 Å². The Balaban J connectivity index is 2.09. The van der Waals surface area contributed by atoms with Gasteiger partial charge in [0.25, 0.3) is 5.91 Å². The molecule has 0 radical (unpaired) electrons. The first-order valence-corrected chi connectivity index (χ1v) is 6.92. The van der Waals surface area contributed by atoms with Crippen LogP contribution in [0.15, 0.2) is 18.2 Å². The summed E-state index contributed by atoms with van der Waals surface area (Å²) >= 11 is 5.17. The highest BCUT2D eigenvalue weighted by atomic mass is 32.1. The van der Waals surface area contributed by atoms with E-state index in [1.54, 1.807) is 17.9 Å². The normalized spacial score (nSPS) is 14.6. The summed E-state index contributed by atoms with van der Waals surface area (Å²) in [6.07, 6.45) is 0. The van der Waals surface area contributed by atoms with Crippen LogP contribution in [0.25, 0.3) is 0 Å². The molecule has 0 unspecified atom stereocenters. The number of nitrogens with one attached hydrogen (secondary N) is 1. The first-order valence-electron chi connectivity index (χ1n) is 6.51. The molecule has 0 spiro atoms. The lowest BCUT2D eigenvalue weighted by atomic mass is 10.1. The van der Waals surface area contributed by atoms with E-state index in [1.807, 2.05) is 0 Å². The summed E-state index contributed by atoms with van der Waals surface area (Å²) in [6.45, 7) is 4.04. The van der Waals surface area contributed by atoms with Crippen molar-refractivity contribution < 1.29 is 19.4 Å². The molecule has 0 atom stereocenters. The Morgan fingerprint density at radius 1 is 1.33 bits per heavy atom. The molecule has 0 aromatic heterocycles. The average Bonchev–Trinajstić information content (AvgIpc) is 2.49. The van der Waals surface area contributed by atoms with Gasteiger partial charge >= 0.3 is 5.97 Å². The number of amides is 1. The SMILES string of the molecule is Cc1ccc(C(=O)O)cc1NC(=O)C(=S)N1CCOCC1. The maximum atomic E-state index is 12.2. The van der Waals surface area contributed by atoms with Crippen molar-refractivity contribution in [2.75, 3.05) is 31.6 Å². The number of hydrogen-bond donors (Lipinski definition) is 2. The second-order valence-corrected chi connectivity index (χ2v) is 5.08. The molecule has 1 saturated heterocycles. The monoisotopic (exact) mass is 308 g/mol. The Hall–Kier alpha value is -1.99. The van der Waals surface area contributed by atoms with Crippen molar-refractivity contribution in [2.45, 2.75) is 6.92 Å². The van der Waals surface area contributed by atoms with Gasteiger partial charge in [0.15, 0.2) is 4.99 Å². The van der Waals surface area contributed by atoms with Crippen LogP contribution in [0.3, 0.4) is 0 Å². The Kier molecular flexibility index (Phi) is 4.87. The maximum Gasteiger partial charge on any atom is 0.335 e. The minimum Gasteiger partial charge on any atom is -0.478 e. The number of hydrogen-bond acceptors (Lipinski definition) is 4. The number of aromatic carboxylic acids is 1. The number of nitrogens with zero attached hydrogens (tertiary/aromatic N) is 1. The van der Waals surface area contributed by atoms with E-state index in [0.717, 1.165) is 5.56 Å². The van der Waals surface area contributed by atoms with Gasteiger partial charge in [-0.05, 0) is 24.6 Å². The van der Waals surface area contributed by atoms with Crippen molar-refractivity contribution in [3.63, 3.8) is 0 Å². The Morgan fingerprint density at radius 2 is 2.00 bits per heavy atom. The summed E-state index contributed by atoms with van der Waals surface area (Å²) in [5.74, 6) is -1.45. The molecule has 1 amide bonds. The van der Waals surface area contributed by atoms with Crippen molar-refractivity contribution in [3.05, 3.63) is 29.3 Å². The molecule has 0 saturated carbocycles. The van der Waals surface area contributed by atoms with E-state index in [0.29, 0.717) is 32.0 Å². The number of carboxylic acids is 1. The number of aryl methyl sites for hydroxylation is 1. The van der Waals surface area contributed by atoms with Crippen molar-refractivity contribution in [1.29, 1.82) is 0 Å². The molecule has 6 nitrogen and oxygen atoms in total. The van der Waals surface area contributed by atoms with Gasteiger partial charge in [0.1, 0.15) is 0 Å². The second kappa shape index (κ2) is 6.64. The zero-order chi connectivity index (χ0) is 15.4. The van der Waals surface area contributed by atoms with Gasteiger partial charge in [-0.3, -0.25) is 4.79 Å². The summed E-state index contributed by atoms with van der Waals surface area (Å²) in [4.78, 5) is 25.1. The average molecular weight is 308 g/mol. The quantitative estimate of drug-likeness (QED) is 0.802. The third-order valence-electron chi connectivity index (χ3n) is 3.23. The number of benzene rings is 1. The molecule has 2 rings (SSSR count). The molecule has 1 aliphatic rings. The fourth-order valence-corrected chi connectivity index (χ4v) is 2.21. The Bertz CT molecular complexity index is 582. The smallest absolute Gasteiger partial charge is 0.335 e. The van der Waals surface area contributed by atoms with E-state index in [9.17, 15) is 9.59 Å². The third-order valence-corrected chi connectivity index (χ3v) is 3.67. The lowest BCUT2D eigenvalue weighted by molar-refractivity contribution is -0.111. The molecule has 7 heteroatoms. The van der Waals surface area contributed by atoms with Crippen LogP contribution in [-0.4, -0.2) is 53.2 Å². The summed E-state index contributed by atoms with van der Waals surface area (Å²) in [5.41, 5.74) is 1.35.